The van der Waals surface area contributed by atoms with Crippen molar-refractivity contribution in [2.45, 2.75) is 32.7 Å². The van der Waals surface area contributed by atoms with Gasteiger partial charge >= 0.3 is 0 Å². The lowest BCUT2D eigenvalue weighted by Crippen LogP contribution is -2.45. The van der Waals surface area contributed by atoms with Crippen LogP contribution < -0.4 is 10.0 Å². The first-order valence-electron chi connectivity index (χ1n) is 7.00. The van der Waals surface area contributed by atoms with E-state index in [-0.39, 0.29) is 36.5 Å². The van der Waals surface area contributed by atoms with E-state index >= 15 is 0 Å². The van der Waals surface area contributed by atoms with Gasteiger partial charge in [-0.15, -0.1) is 12.4 Å². The quantitative estimate of drug-likeness (QED) is 0.589. The van der Waals surface area contributed by atoms with Crippen LogP contribution in [0, 0.1) is 0 Å². The van der Waals surface area contributed by atoms with Gasteiger partial charge in [0.1, 0.15) is 0 Å². The Balaban J connectivity index is 0.00000400. The van der Waals surface area contributed by atoms with Gasteiger partial charge < -0.3 is 5.32 Å². The number of rotatable bonds is 9. The molecular weight excluding hydrogens is 338 g/mol. The Morgan fingerprint density at radius 2 is 1.90 bits per heavy atom. The molecule has 0 aromatic heterocycles. The van der Waals surface area contributed by atoms with Crippen LogP contribution in [0.3, 0.4) is 0 Å². The molecule has 1 heterocycles. The first-order chi connectivity index (χ1) is 9.32. The molecule has 1 saturated heterocycles. The first-order valence-corrected chi connectivity index (χ1v) is 10.3. The molecule has 0 bridgehead atoms. The molecule has 1 aliphatic rings. The third-order valence-corrected chi connectivity index (χ3v) is 6.62. The van der Waals surface area contributed by atoms with Crippen LogP contribution in [0.2, 0.25) is 0 Å². The Morgan fingerprint density at radius 1 is 1.24 bits per heavy atom. The van der Waals surface area contributed by atoms with Gasteiger partial charge in [-0.1, -0.05) is 6.92 Å². The van der Waals surface area contributed by atoms with E-state index in [1.807, 2.05) is 6.92 Å². The SMILES string of the molecule is CCCN(C1CCNC1)S(=O)(=O)CCNS(=O)(=O)CC.Cl. The van der Waals surface area contributed by atoms with Crippen molar-refractivity contribution < 1.29 is 16.8 Å². The maximum absolute atomic E-state index is 12.3. The van der Waals surface area contributed by atoms with Crippen LogP contribution in [0.5, 0.6) is 0 Å². The van der Waals surface area contributed by atoms with Crippen molar-refractivity contribution in [3.63, 3.8) is 0 Å². The summed E-state index contributed by atoms with van der Waals surface area (Å²) in [4.78, 5) is 0. The van der Waals surface area contributed by atoms with Gasteiger partial charge in [-0.25, -0.2) is 21.6 Å². The molecule has 21 heavy (non-hydrogen) atoms. The average Bonchev–Trinajstić information content (AvgIpc) is 2.88. The number of halogens is 1. The molecule has 10 heteroatoms. The first kappa shape index (κ1) is 21.1. The fraction of sp³-hybridized carbons (Fsp3) is 1.00. The number of nitrogens with one attached hydrogen (secondary N) is 2. The summed E-state index contributed by atoms with van der Waals surface area (Å²) >= 11 is 0. The highest BCUT2D eigenvalue weighted by molar-refractivity contribution is 7.90. The van der Waals surface area contributed by atoms with Crippen molar-refractivity contribution >= 4 is 32.5 Å². The summed E-state index contributed by atoms with van der Waals surface area (Å²) in [5, 5.41) is 3.16. The molecule has 0 aromatic rings. The van der Waals surface area contributed by atoms with Gasteiger partial charge in [0.15, 0.2) is 0 Å². The Morgan fingerprint density at radius 3 is 2.38 bits per heavy atom. The summed E-state index contributed by atoms with van der Waals surface area (Å²) in [6, 6.07) is -0.0114. The Kier molecular flexibility index (Phi) is 9.29. The summed E-state index contributed by atoms with van der Waals surface area (Å²) in [6.45, 7) is 5.35. The smallest absolute Gasteiger partial charge is 0.215 e. The van der Waals surface area contributed by atoms with Crippen molar-refractivity contribution in [1.82, 2.24) is 14.3 Å². The summed E-state index contributed by atoms with van der Waals surface area (Å²) in [7, 11) is -6.78. The fourth-order valence-electron chi connectivity index (χ4n) is 2.20. The van der Waals surface area contributed by atoms with Crippen LogP contribution in [-0.2, 0) is 20.0 Å². The Labute approximate surface area is 134 Å². The summed E-state index contributed by atoms with van der Waals surface area (Å²) < 4.78 is 51.1. The third-order valence-electron chi connectivity index (χ3n) is 3.30. The van der Waals surface area contributed by atoms with Gasteiger partial charge in [-0.05, 0) is 26.3 Å². The molecule has 0 radical (unpaired) electrons. The lowest BCUT2D eigenvalue weighted by atomic mass is 10.2. The zero-order valence-corrected chi connectivity index (χ0v) is 15.0. The van der Waals surface area contributed by atoms with Crippen LogP contribution in [0.25, 0.3) is 0 Å². The van der Waals surface area contributed by atoms with Crippen LogP contribution in [0.15, 0.2) is 0 Å². The highest BCUT2D eigenvalue weighted by Gasteiger charge is 2.31. The highest BCUT2D eigenvalue weighted by Crippen LogP contribution is 2.14. The van der Waals surface area contributed by atoms with Crippen LogP contribution in [0.1, 0.15) is 26.7 Å². The van der Waals surface area contributed by atoms with Crippen LogP contribution in [0.4, 0.5) is 0 Å². The summed E-state index contributed by atoms with van der Waals surface area (Å²) in [5.74, 6) is -0.235. The van der Waals surface area contributed by atoms with Gasteiger partial charge in [0.25, 0.3) is 0 Å². The number of sulfonamides is 2. The van der Waals surface area contributed by atoms with Crippen molar-refractivity contribution in [3.8, 4) is 0 Å². The second kappa shape index (κ2) is 9.26. The van der Waals surface area contributed by atoms with E-state index in [4.69, 9.17) is 0 Å². The molecular formula is C11H26ClN3O4S2. The minimum Gasteiger partial charge on any atom is -0.315 e. The second-order valence-electron chi connectivity index (χ2n) is 4.87. The molecule has 0 spiro atoms. The Bertz CT molecular complexity index is 490. The largest absolute Gasteiger partial charge is 0.315 e. The van der Waals surface area contributed by atoms with Crippen molar-refractivity contribution in [2.75, 3.05) is 37.7 Å². The van der Waals surface area contributed by atoms with E-state index in [1.165, 1.54) is 11.2 Å². The normalized spacial score (nSPS) is 19.7. The standard InChI is InChI=1S/C11H25N3O4S2.ClH/c1-3-8-14(11-5-6-12-10-11)20(17,18)9-7-13-19(15,16)4-2;/h11-13H,3-10H2,1-2H3;1H. The van der Waals surface area contributed by atoms with Crippen LogP contribution >= 0.6 is 12.4 Å². The van der Waals surface area contributed by atoms with Gasteiger partial charge in [-0.2, -0.15) is 4.31 Å². The average molecular weight is 364 g/mol. The molecule has 1 aliphatic heterocycles. The number of nitrogens with zero attached hydrogens (tertiary/aromatic N) is 1. The maximum atomic E-state index is 12.3. The summed E-state index contributed by atoms with van der Waals surface area (Å²) in [6.07, 6.45) is 1.55. The molecule has 2 N–H and O–H groups in total. The van der Waals surface area contributed by atoms with Crippen molar-refractivity contribution in [3.05, 3.63) is 0 Å². The fourth-order valence-corrected chi connectivity index (χ4v) is 4.64. The second-order valence-corrected chi connectivity index (χ2v) is 9.01. The van der Waals surface area contributed by atoms with Crippen molar-refractivity contribution in [1.29, 1.82) is 0 Å². The Hall–Kier alpha value is 0.0700. The van der Waals surface area contributed by atoms with E-state index < -0.39 is 20.0 Å². The molecule has 1 unspecified atom stereocenters. The molecule has 0 amide bonds. The van der Waals surface area contributed by atoms with Gasteiger partial charge in [0.2, 0.25) is 20.0 Å². The summed E-state index contributed by atoms with van der Waals surface area (Å²) in [5.41, 5.74) is 0. The van der Waals surface area contributed by atoms with Crippen LogP contribution in [-0.4, -0.2) is 64.9 Å². The molecule has 0 aromatic carbocycles. The van der Waals surface area contributed by atoms with Gasteiger partial charge in [0, 0.05) is 25.7 Å². The third kappa shape index (κ3) is 6.79. The van der Waals surface area contributed by atoms with Crippen molar-refractivity contribution in [2.24, 2.45) is 0 Å². The van der Waals surface area contributed by atoms with Gasteiger partial charge in [-0.3, -0.25) is 0 Å². The minimum atomic E-state index is -3.43. The molecule has 1 atom stereocenters. The van der Waals surface area contributed by atoms with E-state index in [1.54, 1.807) is 0 Å². The van der Waals surface area contributed by atoms with E-state index in [2.05, 4.69) is 10.0 Å². The zero-order valence-electron chi connectivity index (χ0n) is 12.5. The lowest BCUT2D eigenvalue weighted by molar-refractivity contribution is 0.335. The topological polar surface area (TPSA) is 95.6 Å². The predicted octanol–water partition coefficient (Wildman–Crippen LogP) is -0.249. The molecule has 7 nitrogen and oxygen atoms in total. The molecule has 128 valence electrons. The molecule has 0 aliphatic carbocycles. The minimum absolute atomic E-state index is 0. The monoisotopic (exact) mass is 363 g/mol. The molecule has 0 saturated carbocycles. The number of hydrogen-bond donors (Lipinski definition) is 2. The lowest BCUT2D eigenvalue weighted by Gasteiger charge is -2.27. The van der Waals surface area contributed by atoms with E-state index in [0.29, 0.717) is 13.1 Å². The van der Waals surface area contributed by atoms with Gasteiger partial charge in [0.05, 0.1) is 11.5 Å². The molecule has 1 rings (SSSR count). The van der Waals surface area contributed by atoms with E-state index in [0.717, 1.165) is 19.4 Å². The van der Waals surface area contributed by atoms with E-state index in [9.17, 15) is 16.8 Å². The number of hydrogen-bond acceptors (Lipinski definition) is 5. The maximum Gasteiger partial charge on any atom is 0.215 e. The zero-order chi connectivity index (χ0) is 15.2. The molecule has 1 fully saturated rings. The highest BCUT2D eigenvalue weighted by atomic mass is 35.5. The predicted molar refractivity (Wildman–Crippen MR) is 86.8 cm³/mol.